The van der Waals surface area contributed by atoms with Crippen LogP contribution in [-0.2, 0) is 13.0 Å². The standard InChI is InChI=1S/C25H32N6O/c1-3-15-29-17-19-30(20-18-29)24(22-10-12-23(13-11-22)32-4-2)25-26-27-28-31(25)16-14-21-8-6-5-7-9-21/h3,5-13,24H,1,4,14-20H2,2H3. The maximum atomic E-state index is 5.65. The molecule has 168 valence electrons. The van der Waals surface area contributed by atoms with Crippen LogP contribution in [0.1, 0.15) is 29.9 Å². The minimum absolute atomic E-state index is 0.00216. The molecule has 0 bridgehead atoms. The molecule has 7 nitrogen and oxygen atoms in total. The maximum absolute atomic E-state index is 5.65. The van der Waals surface area contributed by atoms with Crippen molar-refractivity contribution in [3.63, 3.8) is 0 Å². The van der Waals surface area contributed by atoms with Gasteiger partial charge in [0, 0.05) is 39.3 Å². The third kappa shape index (κ3) is 5.41. The van der Waals surface area contributed by atoms with Gasteiger partial charge in [0.1, 0.15) is 5.75 Å². The van der Waals surface area contributed by atoms with E-state index in [1.807, 2.05) is 35.9 Å². The first kappa shape index (κ1) is 22.2. The van der Waals surface area contributed by atoms with Crippen LogP contribution in [0.25, 0.3) is 0 Å². The third-order valence-electron chi connectivity index (χ3n) is 5.93. The molecular formula is C25H32N6O. The molecule has 32 heavy (non-hydrogen) atoms. The van der Waals surface area contributed by atoms with Crippen molar-refractivity contribution >= 4 is 0 Å². The molecule has 2 aromatic carbocycles. The van der Waals surface area contributed by atoms with Gasteiger partial charge >= 0.3 is 0 Å². The zero-order valence-corrected chi connectivity index (χ0v) is 18.8. The number of rotatable bonds is 10. The summed E-state index contributed by atoms with van der Waals surface area (Å²) in [7, 11) is 0. The number of benzene rings is 2. The van der Waals surface area contributed by atoms with Crippen LogP contribution in [0.3, 0.4) is 0 Å². The Morgan fingerprint density at radius 3 is 2.47 bits per heavy atom. The van der Waals surface area contributed by atoms with Crippen LogP contribution in [-0.4, -0.2) is 69.3 Å². The van der Waals surface area contributed by atoms with E-state index in [-0.39, 0.29) is 6.04 Å². The Kier molecular flexibility index (Phi) is 7.64. The van der Waals surface area contributed by atoms with Gasteiger partial charge in [0.2, 0.25) is 0 Å². The number of aryl methyl sites for hydroxylation is 2. The molecule has 0 spiro atoms. The Labute approximate surface area is 190 Å². The van der Waals surface area contributed by atoms with Crippen molar-refractivity contribution in [1.29, 1.82) is 0 Å². The highest BCUT2D eigenvalue weighted by molar-refractivity contribution is 5.32. The summed E-state index contributed by atoms with van der Waals surface area (Å²) in [6.45, 7) is 12.1. The van der Waals surface area contributed by atoms with E-state index < -0.39 is 0 Å². The van der Waals surface area contributed by atoms with Crippen LogP contribution in [0.15, 0.2) is 67.3 Å². The predicted octanol–water partition coefficient (Wildman–Crippen LogP) is 3.21. The second-order valence-electron chi connectivity index (χ2n) is 8.03. The number of hydrogen-bond donors (Lipinski definition) is 0. The number of aromatic nitrogens is 4. The summed E-state index contributed by atoms with van der Waals surface area (Å²) in [6, 6.07) is 18.8. The van der Waals surface area contributed by atoms with E-state index in [2.05, 4.69) is 68.3 Å². The molecule has 4 rings (SSSR count). The lowest BCUT2D eigenvalue weighted by Gasteiger charge is -2.38. The van der Waals surface area contributed by atoms with Gasteiger partial charge in [0.15, 0.2) is 5.82 Å². The number of tetrazole rings is 1. The summed E-state index contributed by atoms with van der Waals surface area (Å²) in [5, 5.41) is 12.9. The summed E-state index contributed by atoms with van der Waals surface area (Å²) in [6.07, 6.45) is 2.87. The second kappa shape index (κ2) is 11.0. The third-order valence-corrected chi connectivity index (χ3v) is 5.93. The first-order valence-electron chi connectivity index (χ1n) is 11.4. The van der Waals surface area contributed by atoms with Crippen LogP contribution in [0.2, 0.25) is 0 Å². The first-order valence-corrected chi connectivity index (χ1v) is 11.4. The summed E-state index contributed by atoms with van der Waals surface area (Å²) < 4.78 is 7.62. The molecule has 1 aliphatic rings. The van der Waals surface area contributed by atoms with Crippen LogP contribution < -0.4 is 4.74 Å². The van der Waals surface area contributed by atoms with E-state index in [0.717, 1.165) is 57.3 Å². The Morgan fingerprint density at radius 2 is 1.78 bits per heavy atom. The van der Waals surface area contributed by atoms with Crippen molar-refractivity contribution in [2.24, 2.45) is 0 Å². The van der Waals surface area contributed by atoms with Gasteiger partial charge in [0.25, 0.3) is 0 Å². The van der Waals surface area contributed by atoms with Crippen molar-refractivity contribution in [3.8, 4) is 5.75 Å². The zero-order chi connectivity index (χ0) is 22.2. The van der Waals surface area contributed by atoms with Crippen LogP contribution in [0.4, 0.5) is 0 Å². The van der Waals surface area contributed by atoms with E-state index in [4.69, 9.17) is 4.74 Å². The highest BCUT2D eigenvalue weighted by atomic mass is 16.5. The molecule has 2 heterocycles. The van der Waals surface area contributed by atoms with Gasteiger partial charge < -0.3 is 4.74 Å². The molecule has 1 fully saturated rings. The molecule has 1 atom stereocenters. The fourth-order valence-corrected chi connectivity index (χ4v) is 4.27. The average molecular weight is 433 g/mol. The molecular weight excluding hydrogens is 400 g/mol. The lowest BCUT2D eigenvalue weighted by atomic mass is 10.0. The minimum atomic E-state index is 0.00216. The van der Waals surface area contributed by atoms with Crippen LogP contribution in [0, 0.1) is 0 Å². The van der Waals surface area contributed by atoms with Crippen molar-refractivity contribution in [2.45, 2.75) is 25.9 Å². The van der Waals surface area contributed by atoms with E-state index in [1.165, 1.54) is 11.1 Å². The lowest BCUT2D eigenvalue weighted by molar-refractivity contribution is 0.112. The summed E-state index contributed by atoms with van der Waals surface area (Å²) in [5.74, 6) is 1.77. The van der Waals surface area contributed by atoms with Crippen molar-refractivity contribution in [1.82, 2.24) is 30.0 Å². The normalized spacial score (nSPS) is 16.0. The Hall–Kier alpha value is -3.03. The fraction of sp³-hybridized carbons (Fsp3) is 0.400. The topological polar surface area (TPSA) is 59.3 Å². The smallest absolute Gasteiger partial charge is 0.173 e. The van der Waals surface area contributed by atoms with Gasteiger partial charge in [-0.2, -0.15) is 0 Å². The molecule has 0 saturated carbocycles. The van der Waals surface area contributed by atoms with Gasteiger partial charge in [-0.15, -0.1) is 11.7 Å². The Morgan fingerprint density at radius 1 is 1.03 bits per heavy atom. The van der Waals surface area contributed by atoms with E-state index in [9.17, 15) is 0 Å². The van der Waals surface area contributed by atoms with E-state index in [1.54, 1.807) is 0 Å². The average Bonchev–Trinajstić information content (AvgIpc) is 3.29. The predicted molar refractivity (Wildman–Crippen MR) is 126 cm³/mol. The number of nitrogens with zero attached hydrogens (tertiary/aromatic N) is 6. The summed E-state index contributed by atoms with van der Waals surface area (Å²) >= 11 is 0. The quantitative estimate of drug-likeness (QED) is 0.459. The van der Waals surface area contributed by atoms with E-state index in [0.29, 0.717) is 6.61 Å². The van der Waals surface area contributed by atoms with Crippen molar-refractivity contribution < 1.29 is 4.74 Å². The van der Waals surface area contributed by atoms with Crippen LogP contribution in [0.5, 0.6) is 5.75 Å². The van der Waals surface area contributed by atoms with Crippen LogP contribution >= 0.6 is 0 Å². The minimum Gasteiger partial charge on any atom is -0.494 e. The molecule has 1 saturated heterocycles. The number of piperazine rings is 1. The molecule has 0 amide bonds. The second-order valence-corrected chi connectivity index (χ2v) is 8.03. The van der Waals surface area contributed by atoms with Gasteiger partial charge in [-0.1, -0.05) is 48.5 Å². The highest BCUT2D eigenvalue weighted by Crippen LogP contribution is 2.29. The molecule has 1 unspecified atom stereocenters. The molecule has 0 aliphatic carbocycles. The van der Waals surface area contributed by atoms with Crippen molar-refractivity contribution in [2.75, 3.05) is 39.3 Å². The summed E-state index contributed by atoms with van der Waals surface area (Å²) in [4.78, 5) is 4.91. The van der Waals surface area contributed by atoms with E-state index >= 15 is 0 Å². The molecule has 0 N–H and O–H groups in total. The molecule has 3 aromatic rings. The number of ether oxygens (including phenoxy) is 1. The first-order chi connectivity index (χ1) is 15.8. The monoisotopic (exact) mass is 432 g/mol. The Balaban J connectivity index is 1.58. The molecule has 0 radical (unpaired) electrons. The fourth-order valence-electron chi connectivity index (χ4n) is 4.27. The number of hydrogen-bond acceptors (Lipinski definition) is 6. The maximum Gasteiger partial charge on any atom is 0.173 e. The van der Waals surface area contributed by atoms with Gasteiger partial charge in [-0.25, -0.2) is 4.68 Å². The molecule has 1 aliphatic heterocycles. The lowest BCUT2D eigenvalue weighted by Crippen LogP contribution is -2.48. The van der Waals surface area contributed by atoms with Gasteiger partial charge in [0.05, 0.1) is 12.6 Å². The molecule has 1 aromatic heterocycles. The largest absolute Gasteiger partial charge is 0.494 e. The summed E-state index contributed by atoms with van der Waals surface area (Å²) in [5.41, 5.74) is 2.46. The van der Waals surface area contributed by atoms with Gasteiger partial charge in [-0.3, -0.25) is 9.80 Å². The Bertz CT molecular complexity index is 964. The van der Waals surface area contributed by atoms with Gasteiger partial charge in [-0.05, 0) is 47.0 Å². The zero-order valence-electron chi connectivity index (χ0n) is 18.8. The molecule has 7 heteroatoms. The van der Waals surface area contributed by atoms with Crippen molar-refractivity contribution in [3.05, 3.63) is 84.2 Å². The highest BCUT2D eigenvalue weighted by Gasteiger charge is 2.30. The SMILES string of the molecule is C=CCN1CCN(C(c2ccc(OCC)cc2)c2nnnn2CCc2ccccc2)CC1.